The smallest absolute Gasteiger partial charge is 0.197 e. The number of rotatable bonds is 9. The molecule has 0 bridgehead atoms. The van der Waals surface area contributed by atoms with Gasteiger partial charge in [-0.15, -0.1) is 4.33 Å². The lowest BCUT2D eigenvalue weighted by Gasteiger charge is -2.61. The summed E-state index contributed by atoms with van der Waals surface area (Å²) in [5.41, 5.74) is 2.66. The normalized spacial score (nSPS) is 43.4. The first kappa shape index (κ1) is 27.0. The zero-order valence-corrected chi connectivity index (χ0v) is 23.4. The average molecular weight is 495 g/mol. The Bertz CT molecular complexity index is 710. The summed E-state index contributed by atoms with van der Waals surface area (Å²) in [5.74, 6) is 5.93. The van der Waals surface area contributed by atoms with Gasteiger partial charge in [0.2, 0.25) is 0 Å². The van der Waals surface area contributed by atoms with E-state index in [9.17, 15) is 0 Å². The highest BCUT2D eigenvalue weighted by Crippen LogP contribution is 2.68. The van der Waals surface area contributed by atoms with Crippen LogP contribution in [0.4, 0.5) is 0 Å². The van der Waals surface area contributed by atoms with Crippen molar-refractivity contribution < 1.29 is 18.8 Å². The van der Waals surface area contributed by atoms with Gasteiger partial charge in [0.1, 0.15) is 0 Å². The molecule has 4 saturated carbocycles. The minimum Gasteiger partial charge on any atom is -0.286 e. The van der Waals surface area contributed by atoms with E-state index in [1.807, 2.05) is 0 Å². The van der Waals surface area contributed by atoms with E-state index in [0.717, 1.165) is 60.7 Å². The van der Waals surface area contributed by atoms with Gasteiger partial charge in [0.25, 0.3) is 0 Å². The minimum absolute atomic E-state index is 0.202. The summed E-state index contributed by atoms with van der Waals surface area (Å²) in [6.45, 7) is 14.8. The third-order valence-corrected chi connectivity index (χ3v) is 12.1. The number of fused-ring (bicyclic) bond motifs is 5. The van der Waals surface area contributed by atoms with Crippen LogP contribution in [0.1, 0.15) is 112 Å². The van der Waals surface area contributed by atoms with E-state index in [1.165, 1.54) is 57.8 Å². The van der Waals surface area contributed by atoms with Crippen LogP contribution in [0.15, 0.2) is 11.6 Å². The van der Waals surface area contributed by atoms with Gasteiger partial charge >= 0.3 is 0 Å². The second kappa shape index (κ2) is 11.1. The highest BCUT2D eigenvalue weighted by Gasteiger charge is 2.60. The first-order valence-corrected chi connectivity index (χ1v) is 14.9. The predicted octanol–water partition coefficient (Wildman–Crippen LogP) is 9.03. The van der Waals surface area contributed by atoms with Gasteiger partial charge in [0, 0.05) is 0 Å². The van der Waals surface area contributed by atoms with E-state index >= 15 is 0 Å². The van der Waals surface area contributed by atoms with Crippen molar-refractivity contribution in [2.75, 3.05) is 0 Å². The van der Waals surface area contributed by atoms with Crippen LogP contribution in [0.2, 0.25) is 0 Å². The molecule has 4 rings (SSSR count). The standard InChI is InChI=1S/C29H50O4S/c1-7-21(19(2)3)9-8-20(4)25-12-13-26-24-11-10-22-18-23(31-34-33-32-30)14-16-28(22,5)27(24)15-17-29(25,26)6/h7,19-20,22-27,30H,8-18H2,1-6H3/t20?,22?,23-,24-,25?,26?,27?,28-,29+/m0/s1. The highest BCUT2D eigenvalue weighted by molar-refractivity contribution is 7.89. The Balaban J connectivity index is 1.40. The summed E-state index contributed by atoms with van der Waals surface area (Å²) in [4.78, 5) is 0. The Morgan fingerprint density at radius 2 is 1.74 bits per heavy atom. The second-order valence-electron chi connectivity index (χ2n) is 13.1. The Morgan fingerprint density at radius 3 is 2.44 bits per heavy atom. The number of hydrogen-bond donors (Lipinski definition) is 1. The van der Waals surface area contributed by atoms with Crippen molar-refractivity contribution in [3.8, 4) is 0 Å². The Morgan fingerprint density at radius 1 is 1.00 bits per heavy atom. The van der Waals surface area contributed by atoms with Crippen molar-refractivity contribution in [2.45, 2.75) is 118 Å². The van der Waals surface area contributed by atoms with Gasteiger partial charge in [-0.05, 0) is 130 Å². The molecule has 0 aliphatic heterocycles. The molecule has 0 aromatic rings. The monoisotopic (exact) mass is 494 g/mol. The quantitative estimate of drug-likeness (QED) is 0.114. The van der Waals surface area contributed by atoms with E-state index in [1.54, 1.807) is 5.57 Å². The maximum Gasteiger partial charge on any atom is 0.197 e. The van der Waals surface area contributed by atoms with Crippen LogP contribution in [-0.2, 0) is 13.6 Å². The van der Waals surface area contributed by atoms with Crippen LogP contribution in [0.5, 0.6) is 0 Å². The molecule has 0 heterocycles. The van der Waals surface area contributed by atoms with E-state index < -0.39 is 0 Å². The molecule has 0 spiro atoms. The molecule has 34 heavy (non-hydrogen) atoms. The molecule has 0 saturated heterocycles. The average Bonchev–Trinajstić information content (AvgIpc) is 3.16. The van der Waals surface area contributed by atoms with E-state index in [0.29, 0.717) is 16.7 Å². The molecule has 5 unspecified atom stereocenters. The fraction of sp³-hybridized carbons (Fsp3) is 0.931. The zero-order valence-electron chi connectivity index (χ0n) is 22.6. The molecule has 0 aromatic heterocycles. The molecule has 0 amide bonds. The van der Waals surface area contributed by atoms with Crippen molar-refractivity contribution in [3.63, 3.8) is 0 Å². The molecular weight excluding hydrogens is 444 g/mol. The molecule has 4 nitrogen and oxygen atoms in total. The third-order valence-electron chi connectivity index (χ3n) is 11.6. The van der Waals surface area contributed by atoms with Gasteiger partial charge < -0.3 is 0 Å². The molecule has 9 atom stereocenters. The van der Waals surface area contributed by atoms with Gasteiger partial charge in [0.15, 0.2) is 12.3 Å². The van der Waals surface area contributed by atoms with Gasteiger partial charge in [-0.3, -0.25) is 4.18 Å². The SMILES string of the molecule is CC=C(CCC(C)C1CCC2[C@@H]3CCC4C[C@@H](OSOOO)CC[C@]4(C)C3CC[C@]12C)C(C)C. The molecule has 4 fully saturated rings. The first-order chi connectivity index (χ1) is 16.2. The first-order valence-electron chi connectivity index (χ1n) is 14.2. The predicted molar refractivity (Wildman–Crippen MR) is 139 cm³/mol. The number of hydrogen-bond acceptors (Lipinski definition) is 5. The Hall–Kier alpha value is -0.0700. The third kappa shape index (κ3) is 5.03. The van der Waals surface area contributed by atoms with Gasteiger partial charge in [-0.1, -0.05) is 51.3 Å². The van der Waals surface area contributed by atoms with E-state index in [2.05, 4.69) is 57.0 Å². The minimum atomic E-state index is 0.202. The lowest BCUT2D eigenvalue weighted by Crippen LogP contribution is -2.54. The molecule has 196 valence electrons. The summed E-state index contributed by atoms with van der Waals surface area (Å²) in [5, 5.41) is 12.0. The zero-order chi connectivity index (χ0) is 24.5. The van der Waals surface area contributed by atoms with Crippen molar-refractivity contribution in [3.05, 3.63) is 11.6 Å². The summed E-state index contributed by atoms with van der Waals surface area (Å²) < 4.78 is 10.2. The molecule has 1 N–H and O–H groups in total. The summed E-state index contributed by atoms with van der Waals surface area (Å²) in [7, 11) is 0. The fourth-order valence-electron chi connectivity index (χ4n) is 9.73. The lowest BCUT2D eigenvalue weighted by molar-refractivity contribution is -0.434. The van der Waals surface area contributed by atoms with Crippen LogP contribution in [-0.4, -0.2) is 11.4 Å². The Labute approximate surface area is 213 Å². The van der Waals surface area contributed by atoms with Crippen LogP contribution in [0, 0.1) is 52.3 Å². The van der Waals surface area contributed by atoms with E-state index in [-0.39, 0.29) is 6.10 Å². The summed E-state index contributed by atoms with van der Waals surface area (Å²) in [6, 6.07) is 0. The molecule has 0 aromatic carbocycles. The van der Waals surface area contributed by atoms with Crippen molar-refractivity contribution in [2.24, 2.45) is 52.3 Å². The largest absolute Gasteiger partial charge is 0.286 e. The van der Waals surface area contributed by atoms with Crippen molar-refractivity contribution >= 4 is 12.3 Å². The van der Waals surface area contributed by atoms with Crippen LogP contribution >= 0.6 is 12.3 Å². The molecule has 5 heteroatoms. The molecule has 4 aliphatic carbocycles. The number of allylic oxidation sites excluding steroid dienone is 2. The molecular formula is C29H50O4S. The maximum atomic E-state index is 8.36. The topological polar surface area (TPSA) is 47.9 Å². The lowest BCUT2D eigenvalue weighted by atomic mass is 9.44. The molecule has 4 aliphatic rings. The van der Waals surface area contributed by atoms with E-state index in [4.69, 9.17) is 9.44 Å². The van der Waals surface area contributed by atoms with Gasteiger partial charge in [0.05, 0.1) is 6.10 Å². The van der Waals surface area contributed by atoms with Crippen LogP contribution in [0.25, 0.3) is 0 Å². The molecule has 0 radical (unpaired) electrons. The van der Waals surface area contributed by atoms with Crippen molar-refractivity contribution in [1.82, 2.24) is 0 Å². The van der Waals surface area contributed by atoms with Crippen molar-refractivity contribution in [1.29, 1.82) is 0 Å². The summed E-state index contributed by atoms with van der Waals surface area (Å²) in [6.07, 6.45) is 17.2. The Kier molecular flexibility index (Phi) is 8.83. The second-order valence-corrected chi connectivity index (χ2v) is 13.6. The maximum absolute atomic E-state index is 8.36. The fourth-order valence-corrected chi connectivity index (χ4v) is 10.1. The summed E-state index contributed by atoms with van der Waals surface area (Å²) >= 11 is 0.768. The van der Waals surface area contributed by atoms with Gasteiger partial charge in [-0.2, -0.15) is 0 Å². The van der Waals surface area contributed by atoms with Gasteiger partial charge in [-0.25, -0.2) is 5.26 Å². The highest BCUT2D eigenvalue weighted by atomic mass is 32.2. The van der Waals surface area contributed by atoms with Crippen LogP contribution in [0.3, 0.4) is 0 Å². The van der Waals surface area contributed by atoms with Crippen LogP contribution < -0.4 is 0 Å².